The van der Waals surface area contributed by atoms with Crippen molar-refractivity contribution in [3.05, 3.63) is 33.3 Å². The van der Waals surface area contributed by atoms with E-state index in [2.05, 4.69) is 15.2 Å². The van der Waals surface area contributed by atoms with Crippen LogP contribution in [0.5, 0.6) is 0 Å². The number of hydrogen-bond donors (Lipinski definition) is 0. The molecule has 2 aromatic heterocycles. The molecule has 4 heterocycles. The molecule has 0 unspecified atom stereocenters. The highest BCUT2D eigenvalue weighted by Gasteiger charge is 2.32. The van der Waals surface area contributed by atoms with E-state index in [-0.39, 0.29) is 23.6 Å². The number of aryl methyl sites for hydroxylation is 2. The number of morpholine rings is 1. The second kappa shape index (κ2) is 8.96. The van der Waals surface area contributed by atoms with Gasteiger partial charge in [0.1, 0.15) is 11.6 Å². The first-order valence-electron chi connectivity index (χ1n) is 11.1. The number of carbonyl (C=O) groups excluding carboxylic acids is 1. The largest absolute Gasteiger partial charge is 0.379 e. The molecular weight excluding hydrogens is 400 g/mol. The number of ether oxygens (including phenoxy) is 1. The maximum absolute atomic E-state index is 13.2. The van der Waals surface area contributed by atoms with Gasteiger partial charge in [-0.15, -0.1) is 0 Å². The van der Waals surface area contributed by atoms with Gasteiger partial charge in [0.25, 0.3) is 5.91 Å². The number of likely N-dealkylation sites (tertiary alicyclic amines) is 1. The Morgan fingerprint density at radius 1 is 1.16 bits per heavy atom. The molecule has 0 radical (unpaired) electrons. The predicted octanol–water partition coefficient (Wildman–Crippen LogP) is 1.31. The van der Waals surface area contributed by atoms with Crippen LogP contribution in [0.4, 0.5) is 0 Å². The van der Waals surface area contributed by atoms with Gasteiger partial charge in [0.2, 0.25) is 0 Å². The van der Waals surface area contributed by atoms with Gasteiger partial charge in [0.15, 0.2) is 5.69 Å². The molecule has 0 aromatic carbocycles. The van der Waals surface area contributed by atoms with Crippen LogP contribution in [-0.2, 0) is 18.3 Å². The number of nitrogens with zero attached hydrogens (tertiary/aromatic N) is 6. The Hall–Kier alpha value is -2.46. The molecule has 2 aliphatic heterocycles. The number of amides is 1. The van der Waals surface area contributed by atoms with E-state index in [1.807, 2.05) is 25.7 Å². The molecular formula is C21H32N6O4. The molecule has 0 saturated carbocycles. The summed E-state index contributed by atoms with van der Waals surface area (Å²) in [6.45, 7) is 10.8. The second-order valence-electron chi connectivity index (χ2n) is 8.75. The highest BCUT2D eigenvalue weighted by Crippen LogP contribution is 2.29. The molecule has 0 atom stereocenters. The van der Waals surface area contributed by atoms with E-state index >= 15 is 0 Å². The van der Waals surface area contributed by atoms with Gasteiger partial charge in [0.05, 0.1) is 13.2 Å². The van der Waals surface area contributed by atoms with Crippen molar-refractivity contribution in [3.8, 4) is 0 Å². The average molecular weight is 433 g/mol. The van der Waals surface area contributed by atoms with Crippen molar-refractivity contribution in [2.45, 2.75) is 52.1 Å². The van der Waals surface area contributed by atoms with Crippen LogP contribution in [-0.4, -0.2) is 74.6 Å². The number of hydrogen-bond acceptors (Lipinski definition) is 7. The Kier molecular flexibility index (Phi) is 6.29. The zero-order valence-corrected chi connectivity index (χ0v) is 18.8. The summed E-state index contributed by atoms with van der Waals surface area (Å²) < 4.78 is 14.0. The van der Waals surface area contributed by atoms with Crippen molar-refractivity contribution in [2.24, 2.45) is 7.05 Å². The standard InChI is InChI=1S/C21H32N6O4/c1-14(2)27-19(22-24(4)21(27)29)16-5-7-26(8-6-16)20(28)18-17(15(3)31-23-18)13-25-9-11-30-12-10-25/h14,16H,5-13H2,1-4H3. The van der Waals surface area contributed by atoms with E-state index < -0.39 is 0 Å². The van der Waals surface area contributed by atoms with Crippen molar-refractivity contribution in [1.82, 2.24) is 29.3 Å². The SMILES string of the molecule is Cc1onc(C(=O)N2CCC(c3nn(C)c(=O)n3C(C)C)CC2)c1CN1CCOCC1. The van der Waals surface area contributed by atoms with Gasteiger partial charge in [-0.25, -0.2) is 9.48 Å². The zero-order valence-electron chi connectivity index (χ0n) is 18.8. The van der Waals surface area contributed by atoms with Gasteiger partial charge in [0, 0.05) is 57.3 Å². The fourth-order valence-corrected chi connectivity index (χ4v) is 4.48. The first kappa shape index (κ1) is 21.8. The molecule has 2 aromatic rings. The van der Waals surface area contributed by atoms with Gasteiger partial charge < -0.3 is 14.2 Å². The molecule has 10 heteroatoms. The van der Waals surface area contributed by atoms with Gasteiger partial charge in [-0.05, 0) is 33.6 Å². The summed E-state index contributed by atoms with van der Waals surface area (Å²) in [4.78, 5) is 29.7. The van der Waals surface area contributed by atoms with Crippen LogP contribution in [0, 0.1) is 6.92 Å². The highest BCUT2D eigenvalue weighted by molar-refractivity contribution is 5.93. The summed E-state index contributed by atoms with van der Waals surface area (Å²) in [5, 5.41) is 8.59. The Bertz CT molecular complexity index is 977. The molecule has 10 nitrogen and oxygen atoms in total. The van der Waals surface area contributed by atoms with Gasteiger partial charge in [-0.2, -0.15) is 5.10 Å². The minimum Gasteiger partial charge on any atom is -0.379 e. The van der Waals surface area contributed by atoms with Gasteiger partial charge >= 0.3 is 5.69 Å². The third-order valence-corrected chi connectivity index (χ3v) is 6.32. The van der Waals surface area contributed by atoms with E-state index in [9.17, 15) is 9.59 Å². The van der Waals surface area contributed by atoms with Crippen molar-refractivity contribution >= 4 is 5.91 Å². The lowest BCUT2D eigenvalue weighted by Gasteiger charge is -2.32. The fourth-order valence-electron chi connectivity index (χ4n) is 4.48. The quantitative estimate of drug-likeness (QED) is 0.702. The molecule has 0 bridgehead atoms. The lowest BCUT2D eigenvalue weighted by molar-refractivity contribution is 0.0338. The third-order valence-electron chi connectivity index (χ3n) is 6.32. The molecule has 0 aliphatic carbocycles. The highest BCUT2D eigenvalue weighted by atomic mass is 16.5. The van der Waals surface area contributed by atoms with Gasteiger partial charge in [-0.3, -0.25) is 14.3 Å². The van der Waals surface area contributed by atoms with Crippen LogP contribution in [0.15, 0.2) is 9.32 Å². The molecule has 2 fully saturated rings. The van der Waals surface area contributed by atoms with E-state index in [0.717, 1.165) is 37.3 Å². The lowest BCUT2D eigenvalue weighted by Crippen LogP contribution is -2.40. The third kappa shape index (κ3) is 4.31. The van der Waals surface area contributed by atoms with Crippen LogP contribution in [0.25, 0.3) is 0 Å². The number of aromatic nitrogens is 4. The molecule has 0 spiro atoms. The van der Waals surface area contributed by atoms with Crippen LogP contribution >= 0.6 is 0 Å². The normalized spacial score (nSPS) is 18.8. The van der Waals surface area contributed by atoms with E-state index in [4.69, 9.17) is 9.26 Å². The van der Waals surface area contributed by atoms with Crippen molar-refractivity contribution in [1.29, 1.82) is 0 Å². The summed E-state index contributed by atoms with van der Waals surface area (Å²) in [5.41, 5.74) is 1.20. The molecule has 0 N–H and O–H groups in total. The summed E-state index contributed by atoms with van der Waals surface area (Å²) >= 11 is 0. The second-order valence-corrected chi connectivity index (χ2v) is 8.75. The van der Waals surface area contributed by atoms with Crippen molar-refractivity contribution < 1.29 is 14.1 Å². The number of carbonyl (C=O) groups is 1. The smallest absolute Gasteiger partial charge is 0.345 e. The van der Waals surface area contributed by atoms with Crippen molar-refractivity contribution in [2.75, 3.05) is 39.4 Å². The molecule has 170 valence electrons. The molecule has 4 rings (SSSR count). The van der Waals surface area contributed by atoms with Crippen LogP contribution in [0.1, 0.15) is 66.3 Å². The fraction of sp³-hybridized carbons (Fsp3) is 0.714. The van der Waals surface area contributed by atoms with Crippen LogP contribution in [0.3, 0.4) is 0 Å². The Balaban J connectivity index is 1.45. The Morgan fingerprint density at radius 3 is 2.48 bits per heavy atom. The summed E-state index contributed by atoms with van der Waals surface area (Å²) in [6, 6.07) is 0.0525. The first-order valence-corrected chi connectivity index (χ1v) is 11.1. The Labute approximate surface area is 181 Å². The molecule has 31 heavy (non-hydrogen) atoms. The molecule has 2 saturated heterocycles. The average Bonchev–Trinajstić information content (AvgIpc) is 3.28. The summed E-state index contributed by atoms with van der Waals surface area (Å²) in [5.74, 6) is 1.59. The topological polar surface area (TPSA) is 98.6 Å². The Morgan fingerprint density at radius 2 is 1.84 bits per heavy atom. The minimum atomic E-state index is -0.0886. The maximum atomic E-state index is 13.2. The van der Waals surface area contributed by atoms with Crippen LogP contribution < -0.4 is 5.69 Å². The summed E-state index contributed by atoms with van der Waals surface area (Å²) in [7, 11) is 1.69. The van der Waals surface area contributed by atoms with Crippen LogP contribution in [0.2, 0.25) is 0 Å². The minimum absolute atomic E-state index is 0.0525. The van der Waals surface area contributed by atoms with E-state index in [0.29, 0.717) is 44.3 Å². The zero-order chi connectivity index (χ0) is 22.1. The maximum Gasteiger partial charge on any atom is 0.345 e. The van der Waals surface area contributed by atoms with E-state index in [1.54, 1.807) is 11.6 Å². The predicted molar refractivity (Wildman–Crippen MR) is 113 cm³/mol. The summed E-state index contributed by atoms with van der Waals surface area (Å²) in [6.07, 6.45) is 1.54. The molecule has 2 aliphatic rings. The lowest BCUT2D eigenvalue weighted by atomic mass is 9.95. The number of rotatable bonds is 5. The molecule has 1 amide bonds. The van der Waals surface area contributed by atoms with Crippen molar-refractivity contribution in [3.63, 3.8) is 0 Å². The van der Waals surface area contributed by atoms with E-state index in [1.165, 1.54) is 4.68 Å². The first-order chi connectivity index (χ1) is 14.9. The monoisotopic (exact) mass is 432 g/mol. The number of piperidine rings is 1. The van der Waals surface area contributed by atoms with Gasteiger partial charge in [-0.1, -0.05) is 5.16 Å².